The Labute approximate surface area is 106 Å². The van der Waals surface area contributed by atoms with Gasteiger partial charge in [-0.1, -0.05) is 42.6 Å². The number of allylic oxidation sites excluding steroid dienone is 1. The molecule has 1 rings (SSSR count). The summed E-state index contributed by atoms with van der Waals surface area (Å²) in [6.45, 7) is 7.73. The molecule has 2 nitrogen and oxygen atoms in total. The topological polar surface area (TPSA) is 26.3 Å². The Morgan fingerprint density at radius 3 is 2.76 bits per heavy atom. The molecule has 0 bridgehead atoms. The largest absolute Gasteiger partial charge is 0.457 e. The minimum Gasteiger partial charge on any atom is -0.457 e. The fourth-order valence-electron chi connectivity index (χ4n) is 1.31. The van der Waals surface area contributed by atoms with E-state index < -0.39 is 0 Å². The van der Waals surface area contributed by atoms with Crippen LogP contribution in [-0.4, -0.2) is 12.6 Å². The van der Waals surface area contributed by atoms with Crippen LogP contribution < -0.4 is 0 Å². The van der Waals surface area contributed by atoms with Crippen molar-refractivity contribution in [2.24, 2.45) is 0 Å². The molecule has 0 unspecified atom stereocenters. The van der Waals surface area contributed by atoms with Crippen LogP contribution in [0.25, 0.3) is 0 Å². The number of ether oxygens (including phenoxy) is 1. The van der Waals surface area contributed by atoms with E-state index in [4.69, 9.17) is 4.74 Å². The van der Waals surface area contributed by atoms with Crippen LogP contribution in [0.3, 0.4) is 0 Å². The Morgan fingerprint density at radius 1 is 1.47 bits per heavy atom. The smallest absolute Gasteiger partial charge is 0.338 e. The van der Waals surface area contributed by atoms with Crippen molar-refractivity contribution in [3.63, 3.8) is 0 Å². The van der Waals surface area contributed by atoms with Crippen molar-refractivity contribution in [3.8, 4) is 0 Å². The third-order valence-corrected chi connectivity index (χ3v) is 3.09. The average Bonchev–Trinajstić information content (AvgIpc) is 2.34. The highest BCUT2D eigenvalue weighted by Gasteiger charge is 2.09. The van der Waals surface area contributed by atoms with E-state index in [0.717, 1.165) is 10.5 Å². The molecule has 0 N–H and O–H groups in total. The van der Waals surface area contributed by atoms with Gasteiger partial charge in [-0.05, 0) is 30.9 Å². The molecule has 0 aliphatic carbocycles. The highest BCUT2D eigenvalue weighted by Crippen LogP contribution is 2.17. The van der Waals surface area contributed by atoms with Gasteiger partial charge < -0.3 is 4.74 Å². The zero-order valence-electron chi connectivity index (χ0n) is 10.1. The number of carbonyl (C=O) groups excluding carboxylic acids is 1. The van der Waals surface area contributed by atoms with Crippen LogP contribution in [0.5, 0.6) is 0 Å². The van der Waals surface area contributed by atoms with E-state index in [1.165, 1.54) is 11.8 Å². The molecule has 90 valence electrons. The van der Waals surface area contributed by atoms with Crippen molar-refractivity contribution in [2.45, 2.75) is 13.8 Å². The zero-order valence-corrected chi connectivity index (χ0v) is 10.9. The molecule has 0 aromatic heterocycles. The third kappa shape index (κ3) is 4.11. The maximum atomic E-state index is 11.8. The molecule has 0 saturated carbocycles. The first-order valence-electron chi connectivity index (χ1n) is 5.34. The summed E-state index contributed by atoms with van der Waals surface area (Å²) < 4.78 is 5.24. The number of carbonyl (C=O) groups is 1. The van der Waals surface area contributed by atoms with Gasteiger partial charge in [0.25, 0.3) is 0 Å². The standard InChI is InChI=1S/C14H16O2S/c1-4-12(17-5-2)10-16-14(15)13-9-7-6-8-11(13)3/h4-9H,2,10H2,1,3H3/b12-4-. The van der Waals surface area contributed by atoms with Gasteiger partial charge in [-0.2, -0.15) is 0 Å². The predicted molar refractivity (Wildman–Crippen MR) is 73.0 cm³/mol. The zero-order chi connectivity index (χ0) is 12.7. The van der Waals surface area contributed by atoms with Crippen LogP contribution in [0.1, 0.15) is 22.8 Å². The fourth-order valence-corrected chi connectivity index (χ4v) is 1.79. The summed E-state index contributed by atoms with van der Waals surface area (Å²) in [7, 11) is 0. The van der Waals surface area contributed by atoms with Crippen molar-refractivity contribution in [1.29, 1.82) is 0 Å². The van der Waals surface area contributed by atoms with Crippen LogP contribution in [-0.2, 0) is 4.74 Å². The van der Waals surface area contributed by atoms with E-state index in [9.17, 15) is 4.79 Å². The second-order valence-corrected chi connectivity index (χ2v) is 4.52. The first-order valence-corrected chi connectivity index (χ1v) is 6.22. The quantitative estimate of drug-likeness (QED) is 0.738. The third-order valence-electron chi connectivity index (χ3n) is 2.27. The predicted octanol–water partition coefficient (Wildman–Crippen LogP) is 3.93. The lowest BCUT2D eigenvalue weighted by Gasteiger charge is -2.07. The van der Waals surface area contributed by atoms with E-state index >= 15 is 0 Å². The van der Waals surface area contributed by atoms with E-state index in [1.807, 2.05) is 38.1 Å². The monoisotopic (exact) mass is 248 g/mol. The second-order valence-electron chi connectivity index (χ2n) is 3.43. The number of thioether (sulfide) groups is 1. The van der Waals surface area contributed by atoms with Gasteiger partial charge >= 0.3 is 5.97 Å². The molecule has 0 amide bonds. The Balaban J connectivity index is 2.62. The van der Waals surface area contributed by atoms with Crippen LogP contribution in [0.15, 0.2) is 47.2 Å². The Kier molecular flexibility index (Phi) is 5.57. The van der Waals surface area contributed by atoms with E-state index in [1.54, 1.807) is 11.5 Å². The Morgan fingerprint density at radius 2 is 2.18 bits per heavy atom. The summed E-state index contributed by atoms with van der Waals surface area (Å²) in [5.74, 6) is -0.285. The molecular formula is C14H16O2S. The molecule has 0 aliphatic heterocycles. The van der Waals surface area contributed by atoms with Gasteiger partial charge in [0.05, 0.1) is 5.56 Å². The van der Waals surface area contributed by atoms with Gasteiger partial charge in [0.2, 0.25) is 0 Å². The first-order chi connectivity index (χ1) is 8.19. The van der Waals surface area contributed by atoms with E-state index in [2.05, 4.69) is 6.58 Å². The molecule has 0 radical (unpaired) electrons. The minimum absolute atomic E-state index is 0.285. The van der Waals surface area contributed by atoms with Gasteiger partial charge in [0, 0.05) is 4.91 Å². The molecule has 17 heavy (non-hydrogen) atoms. The number of hydrogen-bond donors (Lipinski definition) is 0. The lowest BCUT2D eigenvalue weighted by atomic mass is 10.1. The number of rotatable bonds is 5. The van der Waals surface area contributed by atoms with Gasteiger partial charge in [-0.3, -0.25) is 0 Å². The van der Waals surface area contributed by atoms with Gasteiger partial charge in [0.15, 0.2) is 0 Å². The van der Waals surface area contributed by atoms with Crippen LogP contribution in [0.4, 0.5) is 0 Å². The first kappa shape index (κ1) is 13.6. The second kappa shape index (κ2) is 6.97. The summed E-state index contributed by atoms with van der Waals surface area (Å²) in [4.78, 5) is 12.8. The van der Waals surface area contributed by atoms with Crippen molar-refractivity contribution in [2.75, 3.05) is 6.61 Å². The molecule has 0 saturated heterocycles. The molecule has 1 aromatic rings. The molecule has 0 atom stereocenters. The highest BCUT2D eigenvalue weighted by molar-refractivity contribution is 8.05. The Hall–Kier alpha value is -1.48. The number of aryl methyl sites for hydroxylation is 1. The maximum Gasteiger partial charge on any atom is 0.338 e. The lowest BCUT2D eigenvalue weighted by Crippen LogP contribution is -2.08. The van der Waals surface area contributed by atoms with Crippen molar-refractivity contribution in [1.82, 2.24) is 0 Å². The van der Waals surface area contributed by atoms with Crippen molar-refractivity contribution in [3.05, 3.63) is 58.4 Å². The summed E-state index contributed by atoms with van der Waals surface area (Å²) in [5.41, 5.74) is 1.54. The summed E-state index contributed by atoms with van der Waals surface area (Å²) >= 11 is 1.47. The minimum atomic E-state index is -0.285. The van der Waals surface area contributed by atoms with Crippen molar-refractivity contribution >= 4 is 17.7 Å². The Bertz CT molecular complexity index is 436. The fraction of sp³-hybridized carbons (Fsp3) is 0.214. The number of benzene rings is 1. The van der Waals surface area contributed by atoms with Crippen LogP contribution >= 0.6 is 11.8 Å². The van der Waals surface area contributed by atoms with E-state index in [-0.39, 0.29) is 5.97 Å². The molecular weight excluding hydrogens is 232 g/mol. The summed E-state index contributed by atoms with van der Waals surface area (Å²) in [5, 5.41) is 1.72. The van der Waals surface area contributed by atoms with Crippen LogP contribution in [0, 0.1) is 6.92 Å². The van der Waals surface area contributed by atoms with Gasteiger partial charge in [-0.25, -0.2) is 4.79 Å². The number of hydrogen-bond acceptors (Lipinski definition) is 3. The molecule has 3 heteroatoms. The molecule has 0 aliphatic rings. The molecule has 0 heterocycles. The summed E-state index contributed by atoms with van der Waals surface area (Å²) in [6.07, 6.45) is 1.91. The molecule has 0 spiro atoms. The highest BCUT2D eigenvalue weighted by atomic mass is 32.2. The van der Waals surface area contributed by atoms with Gasteiger partial charge in [0.1, 0.15) is 6.61 Å². The summed E-state index contributed by atoms with van der Waals surface area (Å²) in [6, 6.07) is 7.40. The number of esters is 1. The van der Waals surface area contributed by atoms with Gasteiger partial charge in [-0.15, -0.1) is 0 Å². The normalized spacial score (nSPS) is 11.1. The van der Waals surface area contributed by atoms with Crippen molar-refractivity contribution < 1.29 is 9.53 Å². The van der Waals surface area contributed by atoms with Crippen LogP contribution in [0.2, 0.25) is 0 Å². The molecule has 0 fully saturated rings. The average molecular weight is 248 g/mol. The van der Waals surface area contributed by atoms with E-state index in [0.29, 0.717) is 12.2 Å². The molecule has 1 aromatic carbocycles. The maximum absolute atomic E-state index is 11.8. The SMILES string of the molecule is C=CS/C(=C\C)COC(=O)c1ccccc1C. The lowest BCUT2D eigenvalue weighted by molar-refractivity contribution is 0.0546.